The minimum atomic E-state index is -0.731. The second-order valence-electron chi connectivity index (χ2n) is 9.00. The second-order valence-corrected chi connectivity index (χ2v) is 10.5. The molecule has 2 bridgehead atoms. The van der Waals surface area contributed by atoms with Crippen LogP contribution >= 0.6 is 11.8 Å². The number of thioether (sulfide) groups is 1. The number of hydrogen-bond donors (Lipinski definition) is 2. The Morgan fingerprint density at radius 3 is 2.66 bits per heavy atom. The molecule has 174 valence electrons. The number of carbonyl (C=O) groups is 3. The summed E-state index contributed by atoms with van der Waals surface area (Å²) >= 11 is 1.62. The van der Waals surface area contributed by atoms with Gasteiger partial charge in [0.2, 0.25) is 11.8 Å². The third kappa shape index (κ3) is 3.43. The van der Waals surface area contributed by atoms with Gasteiger partial charge in [-0.15, -0.1) is 11.8 Å². The van der Waals surface area contributed by atoms with Crippen LogP contribution in [0.5, 0.6) is 0 Å². The molecule has 7 nitrogen and oxygen atoms in total. The van der Waals surface area contributed by atoms with E-state index >= 15 is 0 Å². The van der Waals surface area contributed by atoms with Crippen molar-refractivity contribution < 1.29 is 24.2 Å². The third-order valence-corrected chi connectivity index (χ3v) is 9.45. The quantitative estimate of drug-likeness (QED) is 0.576. The number of aliphatic hydroxyl groups excluding tert-OH is 1. The summed E-state index contributed by atoms with van der Waals surface area (Å²) < 4.78 is 4.65. The Balaban J connectivity index is 1.71. The molecule has 1 spiro atoms. The molecule has 32 heavy (non-hydrogen) atoms. The van der Waals surface area contributed by atoms with Crippen molar-refractivity contribution in [2.45, 2.75) is 62.2 Å². The smallest absolute Gasteiger partial charge is 0.310 e. The summed E-state index contributed by atoms with van der Waals surface area (Å²) in [4.78, 5) is 41.9. The number of likely N-dealkylation sites (tertiary alicyclic amines) is 1. The summed E-state index contributed by atoms with van der Waals surface area (Å²) in [6.07, 6.45) is 1.30. The molecule has 1 aromatic rings. The van der Waals surface area contributed by atoms with Crippen molar-refractivity contribution in [2.24, 2.45) is 17.8 Å². The van der Waals surface area contributed by atoms with Gasteiger partial charge in [0.15, 0.2) is 0 Å². The molecule has 4 rings (SSSR count). The average molecular weight is 461 g/mol. The van der Waals surface area contributed by atoms with Crippen LogP contribution in [0.4, 0.5) is 0 Å². The SMILES string of the molecule is CCOC(=O)[C@@H]1[C@H]2C(=O)N([C@@H](CC)CO)C(C(=O)NCc3ccccc3)C23S[C@@H]1CC3C. The molecule has 0 aliphatic carbocycles. The number of rotatable bonds is 8. The monoisotopic (exact) mass is 460 g/mol. The van der Waals surface area contributed by atoms with Crippen LogP contribution in [0, 0.1) is 17.8 Å². The summed E-state index contributed by atoms with van der Waals surface area (Å²) in [7, 11) is 0. The summed E-state index contributed by atoms with van der Waals surface area (Å²) in [5.74, 6) is -1.83. The molecule has 8 heteroatoms. The minimum Gasteiger partial charge on any atom is -0.466 e. The lowest BCUT2D eigenvalue weighted by Gasteiger charge is -2.39. The van der Waals surface area contributed by atoms with Gasteiger partial charge in [0, 0.05) is 11.8 Å². The Kier molecular flexibility index (Phi) is 6.54. The van der Waals surface area contributed by atoms with Crippen molar-refractivity contribution in [3.8, 4) is 0 Å². The molecule has 2 amide bonds. The predicted octanol–water partition coefficient (Wildman–Crippen LogP) is 1.97. The predicted molar refractivity (Wildman–Crippen MR) is 122 cm³/mol. The first-order chi connectivity index (χ1) is 15.4. The first-order valence-electron chi connectivity index (χ1n) is 11.5. The van der Waals surface area contributed by atoms with E-state index in [1.54, 1.807) is 23.6 Å². The Morgan fingerprint density at radius 2 is 2.03 bits per heavy atom. The van der Waals surface area contributed by atoms with Crippen molar-refractivity contribution in [3.05, 3.63) is 35.9 Å². The Hall–Kier alpha value is -2.06. The lowest BCUT2D eigenvalue weighted by molar-refractivity contribution is -0.154. The van der Waals surface area contributed by atoms with E-state index in [2.05, 4.69) is 12.2 Å². The Bertz CT molecular complexity index is 876. The Morgan fingerprint density at radius 1 is 1.31 bits per heavy atom. The second kappa shape index (κ2) is 9.06. The number of hydrogen-bond acceptors (Lipinski definition) is 6. The van der Waals surface area contributed by atoms with Crippen LogP contribution in [0.3, 0.4) is 0 Å². The van der Waals surface area contributed by atoms with E-state index in [4.69, 9.17) is 4.74 Å². The number of ether oxygens (including phenoxy) is 1. The molecule has 3 aliphatic heterocycles. The number of fused-ring (bicyclic) bond motifs is 1. The summed E-state index contributed by atoms with van der Waals surface area (Å²) in [6.45, 7) is 6.14. The van der Waals surface area contributed by atoms with E-state index in [9.17, 15) is 19.5 Å². The average Bonchev–Trinajstić information content (AvgIpc) is 3.38. The van der Waals surface area contributed by atoms with Gasteiger partial charge in [0.1, 0.15) is 6.04 Å². The number of esters is 1. The van der Waals surface area contributed by atoms with Crippen LogP contribution in [-0.4, -0.2) is 63.1 Å². The molecular weight excluding hydrogens is 428 g/mol. The maximum Gasteiger partial charge on any atom is 0.310 e. The van der Waals surface area contributed by atoms with Crippen molar-refractivity contribution in [1.29, 1.82) is 0 Å². The molecule has 0 radical (unpaired) electrons. The Labute approximate surface area is 193 Å². The van der Waals surface area contributed by atoms with Gasteiger partial charge < -0.3 is 20.1 Å². The molecule has 1 aromatic carbocycles. The fraction of sp³-hybridized carbons (Fsp3) is 0.625. The highest BCUT2D eigenvalue weighted by molar-refractivity contribution is 8.02. The van der Waals surface area contributed by atoms with Crippen LogP contribution in [0.25, 0.3) is 0 Å². The number of aliphatic hydroxyl groups is 1. The summed E-state index contributed by atoms with van der Waals surface area (Å²) in [5.41, 5.74) is 0.973. The zero-order valence-electron chi connectivity index (χ0n) is 18.8. The molecule has 3 saturated heterocycles. The molecular formula is C24H32N2O5S. The van der Waals surface area contributed by atoms with E-state index in [0.717, 1.165) is 12.0 Å². The maximum absolute atomic E-state index is 13.8. The number of carbonyl (C=O) groups excluding carboxylic acids is 3. The summed E-state index contributed by atoms with van der Waals surface area (Å²) in [6, 6.07) is 8.44. The first kappa shape index (κ1) is 23.1. The van der Waals surface area contributed by atoms with Gasteiger partial charge in [-0.3, -0.25) is 14.4 Å². The number of nitrogens with one attached hydrogen (secondary N) is 1. The highest BCUT2D eigenvalue weighted by Crippen LogP contribution is 2.68. The number of amides is 2. The molecule has 3 aliphatic rings. The number of benzene rings is 1. The molecule has 3 unspecified atom stereocenters. The zero-order chi connectivity index (χ0) is 23.0. The van der Waals surface area contributed by atoms with Crippen molar-refractivity contribution in [2.75, 3.05) is 13.2 Å². The van der Waals surface area contributed by atoms with Crippen LogP contribution in [0.15, 0.2) is 30.3 Å². The fourth-order valence-electron chi connectivity index (χ4n) is 5.95. The van der Waals surface area contributed by atoms with E-state index in [0.29, 0.717) is 13.0 Å². The lowest BCUT2D eigenvalue weighted by atomic mass is 9.66. The topological polar surface area (TPSA) is 95.9 Å². The van der Waals surface area contributed by atoms with E-state index in [-0.39, 0.29) is 42.2 Å². The van der Waals surface area contributed by atoms with Gasteiger partial charge in [0.05, 0.1) is 35.8 Å². The van der Waals surface area contributed by atoms with Gasteiger partial charge in [-0.25, -0.2) is 0 Å². The maximum atomic E-state index is 13.8. The normalized spacial score (nSPS) is 33.8. The van der Waals surface area contributed by atoms with Crippen LogP contribution in [0.1, 0.15) is 39.2 Å². The fourth-order valence-corrected chi connectivity index (χ4v) is 8.35. The van der Waals surface area contributed by atoms with Crippen molar-refractivity contribution in [1.82, 2.24) is 10.2 Å². The van der Waals surface area contributed by atoms with Crippen LogP contribution in [-0.2, 0) is 25.7 Å². The molecule has 3 fully saturated rings. The van der Waals surface area contributed by atoms with Gasteiger partial charge in [-0.05, 0) is 31.2 Å². The van der Waals surface area contributed by atoms with Crippen molar-refractivity contribution >= 4 is 29.5 Å². The molecule has 0 aromatic heterocycles. The van der Waals surface area contributed by atoms with E-state index < -0.39 is 28.7 Å². The highest BCUT2D eigenvalue weighted by atomic mass is 32.2. The van der Waals surface area contributed by atoms with Crippen molar-refractivity contribution in [3.63, 3.8) is 0 Å². The van der Waals surface area contributed by atoms with Gasteiger partial charge in [0.25, 0.3) is 0 Å². The minimum absolute atomic E-state index is 0.0289. The lowest BCUT2D eigenvalue weighted by Crippen LogP contribution is -2.58. The zero-order valence-corrected chi connectivity index (χ0v) is 19.6. The van der Waals surface area contributed by atoms with Gasteiger partial charge >= 0.3 is 5.97 Å². The van der Waals surface area contributed by atoms with E-state index in [1.165, 1.54) is 0 Å². The largest absolute Gasteiger partial charge is 0.466 e. The standard InChI is InChI=1S/C24H32N2O5S/c1-4-16(13-27)26-20(21(28)25-12-15-9-7-6-8-10-15)24-14(3)11-17(32-24)18(19(24)22(26)29)23(30)31-5-2/h6-10,14,16-20,27H,4-5,11-13H2,1-3H3,(H,25,28)/t14?,16-,17+,18-,19-,20?,24?/m0/s1. The van der Waals surface area contributed by atoms with Crippen LogP contribution < -0.4 is 5.32 Å². The molecule has 7 atom stereocenters. The van der Waals surface area contributed by atoms with Gasteiger partial charge in [-0.2, -0.15) is 0 Å². The van der Waals surface area contributed by atoms with Crippen LogP contribution in [0.2, 0.25) is 0 Å². The summed E-state index contributed by atoms with van der Waals surface area (Å²) in [5, 5.41) is 13.0. The molecule has 0 saturated carbocycles. The number of nitrogens with zero attached hydrogens (tertiary/aromatic N) is 1. The van der Waals surface area contributed by atoms with E-state index in [1.807, 2.05) is 37.3 Å². The molecule has 3 heterocycles. The highest BCUT2D eigenvalue weighted by Gasteiger charge is 2.76. The third-order valence-electron chi connectivity index (χ3n) is 7.38. The first-order valence-corrected chi connectivity index (χ1v) is 12.4. The molecule has 2 N–H and O–H groups in total. The van der Waals surface area contributed by atoms with Gasteiger partial charge in [-0.1, -0.05) is 44.2 Å².